The summed E-state index contributed by atoms with van der Waals surface area (Å²) < 4.78 is 0. The zero-order valence-corrected chi connectivity index (χ0v) is 12.8. The van der Waals surface area contributed by atoms with Crippen LogP contribution in [0, 0.1) is 0 Å². The van der Waals surface area contributed by atoms with E-state index in [9.17, 15) is 19.8 Å². The van der Waals surface area contributed by atoms with Crippen molar-refractivity contribution >= 4 is 11.8 Å². The van der Waals surface area contributed by atoms with E-state index in [0.29, 0.717) is 11.1 Å². The van der Waals surface area contributed by atoms with Crippen molar-refractivity contribution in [1.29, 1.82) is 0 Å². The summed E-state index contributed by atoms with van der Waals surface area (Å²) in [6.07, 6.45) is 0. The van der Waals surface area contributed by atoms with E-state index in [1.807, 2.05) is 12.1 Å². The van der Waals surface area contributed by atoms with Crippen molar-refractivity contribution in [2.45, 2.75) is 11.5 Å². The Hall–Kier alpha value is -2.50. The van der Waals surface area contributed by atoms with Gasteiger partial charge < -0.3 is 10.2 Å². The number of carboxylic acids is 1. The number of Topliss-reactive ketones (excluding diaryl/α,β-unsaturated/α-hetero) is 1. The summed E-state index contributed by atoms with van der Waals surface area (Å²) in [4.78, 5) is 24.7. The minimum Gasteiger partial charge on any atom is -0.479 e. The lowest BCUT2D eigenvalue weighted by atomic mass is 9.78. The first-order chi connectivity index (χ1) is 11.1. The van der Waals surface area contributed by atoms with Gasteiger partial charge in [0.1, 0.15) is 0 Å². The predicted octanol–water partition coefficient (Wildman–Crippen LogP) is 1.42. The summed E-state index contributed by atoms with van der Waals surface area (Å²) in [5.74, 6) is -2.79. The van der Waals surface area contributed by atoms with E-state index >= 15 is 0 Å². The number of ketones is 1. The fourth-order valence-corrected chi connectivity index (χ4v) is 2.59. The fraction of sp³-hybridized carbons (Fsp3) is 0.222. The molecule has 0 heterocycles. The number of nitrogens with one attached hydrogen (secondary N) is 1. The van der Waals surface area contributed by atoms with E-state index in [4.69, 9.17) is 0 Å². The number of carboxylic acid groups (broad SMARTS) is 1. The molecule has 0 unspecified atom stereocenters. The first kappa shape index (κ1) is 16.9. The Morgan fingerprint density at radius 1 is 1.00 bits per heavy atom. The number of likely N-dealkylation sites (N-methyl/N-ethyl adjacent to an activating group) is 1. The van der Waals surface area contributed by atoms with E-state index in [-0.39, 0.29) is 0 Å². The van der Waals surface area contributed by atoms with Crippen LogP contribution in [0.25, 0.3) is 0 Å². The van der Waals surface area contributed by atoms with Crippen molar-refractivity contribution in [2.75, 3.05) is 13.7 Å². The van der Waals surface area contributed by atoms with Crippen LogP contribution in [0.1, 0.15) is 17.0 Å². The van der Waals surface area contributed by atoms with E-state index < -0.39 is 29.8 Å². The van der Waals surface area contributed by atoms with Crippen molar-refractivity contribution in [3.05, 3.63) is 71.8 Å². The Kier molecular flexibility index (Phi) is 5.26. The largest absolute Gasteiger partial charge is 0.479 e. The molecule has 0 spiro atoms. The van der Waals surface area contributed by atoms with Gasteiger partial charge in [0.25, 0.3) is 0 Å². The van der Waals surface area contributed by atoms with Gasteiger partial charge in [-0.3, -0.25) is 10.1 Å². The third kappa shape index (κ3) is 3.16. The molecule has 2 aromatic rings. The third-order valence-corrected chi connectivity index (χ3v) is 3.98. The van der Waals surface area contributed by atoms with Crippen LogP contribution in [0.4, 0.5) is 0 Å². The zero-order valence-electron chi connectivity index (χ0n) is 12.8. The van der Waals surface area contributed by atoms with Crippen LogP contribution >= 0.6 is 0 Å². The van der Waals surface area contributed by atoms with E-state index in [0.717, 1.165) is 0 Å². The number of carbonyl (C=O) groups excluding carboxylic acids is 1. The number of carbonyl (C=O) groups is 2. The molecule has 2 rings (SSSR count). The highest BCUT2D eigenvalue weighted by Gasteiger charge is 2.48. The Labute approximate surface area is 134 Å². The monoisotopic (exact) mass is 313 g/mol. The van der Waals surface area contributed by atoms with Crippen LogP contribution in [0.15, 0.2) is 60.7 Å². The number of rotatable bonds is 7. The predicted molar refractivity (Wildman–Crippen MR) is 86.2 cm³/mol. The quantitative estimate of drug-likeness (QED) is 0.673. The average Bonchev–Trinajstić information content (AvgIpc) is 2.58. The highest BCUT2D eigenvalue weighted by Crippen LogP contribution is 2.29. The van der Waals surface area contributed by atoms with Gasteiger partial charge in [0.15, 0.2) is 11.3 Å². The number of aliphatic hydroxyl groups is 1. The van der Waals surface area contributed by atoms with Crippen molar-refractivity contribution < 1.29 is 19.8 Å². The van der Waals surface area contributed by atoms with Gasteiger partial charge in [-0.05, 0) is 18.2 Å². The Morgan fingerprint density at radius 3 is 1.74 bits per heavy atom. The van der Waals surface area contributed by atoms with Crippen LogP contribution in [0.2, 0.25) is 0 Å². The maximum atomic E-state index is 13.1. The topological polar surface area (TPSA) is 86.6 Å². The highest BCUT2D eigenvalue weighted by molar-refractivity contribution is 6.12. The average molecular weight is 313 g/mol. The second kappa shape index (κ2) is 7.17. The van der Waals surface area contributed by atoms with Crippen molar-refractivity contribution in [3.8, 4) is 0 Å². The first-order valence-electron chi connectivity index (χ1n) is 7.24. The molecule has 3 N–H and O–H groups in total. The lowest BCUT2D eigenvalue weighted by molar-refractivity contribution is -0.152. The maximum Gasteiger partial charge on any atom is 0.334 e. The molecule has 0 saturated heterocycles. The van der Waals surface area contributed by atoms with E-state index in [2.05, 4.69) is 5.32 Å². The second-order valence-corrected chi connectivity index (χ2v) is 5.24. The maximum absolute atomic E-state index is 13.1. The molecule has 0 aromatic heterocycles. The normalized spacial score (nSPS) is 13.5. The Balaban J connectivity index is 2.58. The molecule has 0 saturated carbocycles. The van der Waals surface area contributed by atoms with Crippen LogP contribution in [-0.4, -0.2) is 41.2 Å². The van der Waals surface area contributed by atoms with Gasteiger partial charge in [-0.25, -0.2) is 4.79 Å². The van der Waals surface area contributed by atoms with E-state index in [1.165, 1.54) is 7.05 Å². The summed E-state index contributed by atoms with van der Waals surface area (Å²) in [7, 11) is 1.36. The van der Waals surface area contributed by atoms with Gasteiger partial charge in [0.05, 0.1) is 12.5 Å². The summed E-state index contributed by atoms with van der Waals surface area (Å²) in [6.45, 7) is -0.826. The molecule has 0 aliphatic rings. The van der Waals surface area contributed by atoms with Crippen LogP contribution in [-0.2, 0) is 9.59 Å². The molecule has 0 bridgehead atoms. The summed E-state index contributed by atoms with van der Waals surface area (Å²) >= 11 is 0. The fourth-order valence-electron chi connectivity index (χ4n) is 2.59. The smallest absolute Gasteiger partial charge is 0.334 e. The number of hydrogen-bond acceptors (Lipinski definition) is 4. The minimum absolute atomic E-state index is 0.604. The molecule has 5 heteroatoms. The molecule has 0 fully saturated rings. The van der Waals surface area contributed by atoms with E-state index in [1.54, 1.807) is 48.5 Å². The van der Waals surface area contributed by atoms with Gasteiger partial charge in [-0.2, -0.15) is 0 Å². The molecule has 23 heavy (non-hydrogen) atoms. The molecule has 1 atom stereocenters. The molecular weight excluding hydrogens is 294 g/mol. The highest BCUT2D eigenvalue weighted by atomic mass is 16.4. The summed E-state index contributed by atoms with van der Waals surface area (Å²) in [6, 6.07) is 17.9. The molecule has 0 aliphatic carbocycles. The molecule has 2 aromatic carbocycles. The first-order valence-corrected chi connectivity index (χ1v) is 7.24. The molecule has 0 radical (unpaired) electrons. The molecule has 5 nitrogen and oxygen atoms in total. The minimum atomic E-state index is -2.05. The zero-order chi connectivity index (χ0) is 16.9. The Morgan fingerprint density at radius 2 is 1.43 bits per heavy atom. The van der Waals surface area contributed by atoms with Crippen molar-refractivity contribution in [2.24, 2.45) is 0 Å². The van der Waals surface area contributed by atoms with Gasteiger partial charge in [0.2, 0.25) is 0 Å². The number of hydrogen-bond donors (Lipinski definition) is 3. The van der Waals surface area contributed by atoms with Gasteiger partial charge in [-0.1, -0.05) is 60.7 Å². The van der Waals surface area contributed by atoms with Crippen LogP contribution in [0.3, 0.4) is 0 Å². The number of aliphatic hydroxyl groups excluding tert-OH is 1. The third-order valence-electron chi connectivity index (χ3n) is 3.98. The van der Waals surface area contributed by atoms with Crippen LogP contribution < -0.4 is 5.32 Å². The number of aliphatic carboxylic acids is 1. The standard InChI is InChI=1S/C18H19NO4/c1-19-18(12-20,17(22)23)16(21)15(13-8-4-2-5-9-13)14-10-6-3-7-11-14/h2-11,15,19-20H,12H2,1H3,(H,22,23)/t18-/m1/s1. The van der Waals surface area contributed by atoms with Gasteiger partial charge in [0, 0.05) is 0 Å². The van der Waals surface area contributed by atoms with Crippen LogP contribution in [0.5, 0.6) is 0 Å². The molecule has 120 valence electrons. The summed E-state index contributed by atoms with van der Waals surface area (Å²) in [5.41, 5.74) is -0.688. The second-order valence-electron chi connectivity index (χ2n) is 5.24. The molecule has 0 aliphatic heterocycles. The Bertz CT molecular complexity index is 626. The number of benzene rings is 2. The molecular formula is C18H19NO4. The van der Waals surface area contributed by atoms with Crippen molar-refractivity contribution in [3.63, 3.8) is 0 Å². The molecule has 0 amide bonds. The lowest BCUT2D eigenvalue weighted by Crippen LogP contribution is -2.61. The lowest BCUT2D eigenvalue weighted by Gasteiger charge is -2.30. The van der Waals surface area contributed by atoms with Crippen molar-refractivity contribution in [1.82, 2.24) is 5.32 Å². The van der Waals surface area contributed by atoms with Gasteiger partial charge >= 0.3 is 5.97 Å². The summed E-state index contributed by atoms with van der Waals surface area (Å²) in [5, 5.41) is 21.6. The SMILES string of the molecule is CN[C@@](CO)(C(=O)O)C(=O)C(c1ccccc1)c1ccccc1. The van der Waals surface area contributed by atoms with Gasteiger partial charge in [-0.15, -0.1) is 0 Å².